The minimum atomic E-state index is 0.306. The summed E-state index contributed by atoms with van der Waals surface area (Å²) in [5, 5.41) is 3.27. The van der Waals surface area contributed by atoms with Crippen molar-refractivity contribution in [3.63, 3.8) is 0 Å². The maximum absolute atomic E-state index is 12.2. The summed E-state index contributed by atoms with van der Waals surface area (Å²) in [6.45, 7) is 4.26. The molecule has 3 aliphatic rings. The number of rotatable bonds is 4. The summed E-state index contributed by atoms with van der Waals surface area (Å²) in [5.74, 6) is 4.11. The minimum Gasteiger partial charge on any atom is -0.316 e. The van der Waals surface area contributed by atoms with E-state index in [0.29, 0.717) is 17.6 Å². The molecule has 2 saturated carbocycles. The molecule has 16 heavy (non-hydrogen) atoms. The lowest BCUT2D eigenvalue weighted by molar-refractivity contribution is -0.125. The first-order valence-corrected chi connectivity index (χ1v) is 6.97. The van der Waals surface area contributed by atoms with E-state index in [-0.39, 0.29) is 0 Å². The molecule has 1 N–H and O–H groups in total. The Bertz CT molecular complexity index is 284. The van der Waals surface area contributed by atoms with Gasteiger partial charge in [0.15, 0.2) is 0 Å². The van der Waals surface area contributed by atoms with Gasteiger partial charge < -0.3 is 5.32 Å². The van der Waals surface area contributed by atoms with Crippen LogP contribution in [0.25, 0.3) is 0 Å². The van der Waals surface area contributed by atoms with Crippen LogP contribution in [0.3, 0.4) is 0 Å². The Balaban J connectivity index is 1.52. The van der Waals surface area contributed by atoms with Gasteiger partial charge in [-0.3, -0.25) is 4.79 Å². The Kier molecular flexibility index (Phi) is 2.78. The summed E-state index contributed by atoms with van der Waals surface area (Å²) in [7, 11) is 0. The van der Waals surface area contributed by atoms with E-state index in [9.17, 15) is 4.79 Å². The molecule has 4 atom stereocenters. The third-order valence-electron chi connectivity index (χ3n) is 5.38. The quantitative estimate of drug-likeness (QED) is 0.789. The van der Waals surface area contributed by atoms with Crippen molar-refractivity contribution in [2.75, 3.05) is 13.1 Å². The van der Waals surface area contributed by atoms with E-state index in [2.05, 4.69) is 12.2 Å². The predicted octanol–water partition coefficient (Wildman–Crippen LogP) is 2.24. The van der Waals surface area contributed by atoms with Gasteiger partial charge in [0.1, 0.15) is 5.78 Å². The summed E-state index contributed by atoms with van der Waals surface area (Å²) in [6.07, 6.45) is 6.52. The first-order chi connectivity index (χ1) is 7.74. The average Bonchev–Trinajstić information content (AvgIpc) is 2.76. The van der Waals surface area contributed by atoms with Crippen LogP contribution in [0.5, 0.6) is 0 Å². The maximum atomic E-state index is 12.2. The van der Waals surface area contributed by atoms with E-state index in [4.69, 9.17) is 0 Å². The molecular formula is C14H23NO. The molecule has 1 saturated heterocycles. The Morgan fingerprint density at radius 1 is 1.31 bits per heavy atom. The van der Waals surface area contributed by atoms with Crippen LogP contribution in [-0.2, 0) is 4.79 Å². The predicted molar refractivity (Wildman–Crippen MR) is 64.1 cm³/mol. The molecule has 3 rings (SSSR count). The molecule has 0 spiro atoms. The molecule has 2 nitrogen and oxygen atoms in total. The molecule has 0 amide bonds. The Morgan fingerprint density at radius 2 is 2.12 bits per heavy atom. The maximum Gasteiger partial charge on any atom is 0.136 e. The lowest BCUT2D eigenvalue weighted by Gasteiger charge is -2.33. The number of nitrogens with one attached hydrogen (secondary N) is 1. The lowest BCUT2D eigenvalue weighted by Crippen LogP contribution is -2.47. The first kappa shape index (κ1) is 10.8. The van der Waals surface area contributed by atoms with Gasteiger partial charge in [0, 0.05) is 12.3 Å². The van der Waals surface area contributed by atoms with E-state index in [1.807, 2.05) is 0 Å². The van der Waals surface area contributed by atoms with Crippen molar-refractivity contribution in [1.82, 2.24) is 5.32 Å². The number of Topliss-reactive ketones (excluding diaryl/α,β-unsaturated/α-hetero) is 1. The second-order valence-corrected chi connectivity index (χ2v) is 6.31. The topological polar surface area (TPSA) is 29.1 Å². The molecule has 2 aliphatic carbocycles. The SMILES string of the molecule is CC(C(=O)CC1CC2CCC1C2)C1CNC1. The molecule has 2 heteroatoms. The third-order valence-corrected chi connectivity index (χ3v) is 5.38. The van der Waals surface area contributed by atoms with Crippen molar-refractivity contribution in [3.05, 3.63) is 0 Å². The van der Waals surface area contributed by atoms with Gasteiger partial charge in [-0.2, -0.15) is 0 Å². The largest absolute Gasteiger partial charge is 0.316 e. The van der Waals surface area contributed by atoms with Crippen LogP contribution in [0.4, 0.5) is 0 Å². The highest BCUT2D eigenvalue weighted by Gasteiger charge is 2.41. The highest BCUT2D eigenvalue weighted by molar-refractivity contribution is 5.81. The minimum absolute atomic E-state index is 0.306. The van der Waals surface area contributed by atoms with Crippen molar-refractivity contribution in [2.24, 2.45) is 29.6 Å². The van der Waals surface area contributed by atoms with Crippen molar-refractivity contribution < 1.29 is 4.79 Å². The molecule has 4 unspecified atom stereocenters. The van der Waals surface area contributed by atoms with Crippen LogP contribution in [0.2, 0.25) is 0 Å². The van der Waals surface area contributed by atoms with Gasteiger partial charge in [-0.25, -0.2) is 0 Å². The number of carbonyl (C=O) groups excluding carboxylic acids is 1. The fourth-order valence-electron chi connectivity index (χ4n) is 4.00. The van der Waals surface area contributed by atoms with E-state index >= 15 is 0 Å². The van der Waals surface area contributed by atoms with E-state index < -0.39 is 0 Å². The monoisotopic (exact) mass is 221 g/mol. The Morgan fingerprint density at radius 3 is 2.62 bits per heavy atom. The van der Waals surface area contributed by atoms with Crippen molar-refractivity contribution in [1.29, 1.82) is 0 Å². The van der Waals surface area contributed by atoms with Crippen LogP contribution >= 0.6 is 0 Å². The highest BCUT2D eigenvalue weighted by atomic mass is 16.1. The van der Waals surface area contributed by atoms with E-state index in [1.54, 1.807) is 0 Å². The van der Waals surface area contributed by atoms with Gasteiger partial charge >= 0.3 is 0 Å². The molecule has 2 bridgehead atoms. The molecule has 1 heterocycles. The number of carbonyl (C=O) groups is 1. The normalized spacial score (nSPS) is 39.7. The average molecular weight is 221 g/mol. The van der Waals surface area contributed by atoms with Crippen LogP contribution in [0, 0.1) is 29.6 Å². The lowest BCUT2D eigenvalue weighted by atomic mass is 9.79. The van der Waals surface area contributed by atoms with Crippen LogP contribution in [0.1, 0.15) is 39.0 Å². The zero-order valence-corrected chi connectivity index (χ0v) is 10.2. The Labute approximate surface area is 98.2 Å². The van der Waals surface area contributed by atoms with Gasteiger partial charge in [0.05, 0.1) is 0 Å². The molecule has 0 aromatic carbocycles. The first-order valence-electron chi connectivity index (χ1n) is 6.97. The number of ketones is 1. The van der Waals surface area contributed by atoms with Gasteiger partial charge in [-0.1, -0.05) is 13.3 Å². The van der Waals surface area contributed by atoms with Crippen molar-refractivity contribution in [2.45, 2.75) is 39.0 Å². The summed E-state index contributed by atoms with van der Waals surface area (Å²) in [6, 6.07) is 0. The number of fused-ring (bicyclic) bond motifs is 2. The smallest absolute Gasteiger partial charge is 0.136 e. The van der Waals surface area contributed by atoms with Crippen molar-refractivity contribution in [3.8, 4) is 0 Å². The van der Waals surface area contributed by atoms with Crippen LogP contribution < -0.4 is 5.32 Å². The molecule has 0 radical (unpaired) electrons. The second-order valence-electron chi connectivity index (χ2n) is 6.31. The van der Waals surface area contributed by atoms with Gasteiger partial charge in [-0.05, 0) is 56.0 Å². The Hall–Kier alpha value is -0.370. The van der Waals surface area contributed by atoms with Crippen LogP contribution in [0.15, 0.2) is 0 Å². The second kappa shape index (κ2) is 4.14. The van der Waals surface area contributed by atoms with Gasteiger partial charge in [-0.15, -0.1) is 0 Å². The van der Waals surface area contributed by atoms with E-state index in [0.717, 1.165) is 37.3 Å². The zero-order chi connectivity index (χ0) is 11.1. The molecule has 1 aliphatic heterocycles. The molecule has 0 aromatic rings. The molecule has 3 fully saturated rings. The summed E-state index contributed by atoms with van der Waals surface area (Å²) in [5.41, 5.74) is 0. The summed E-state index contributed by atoms with van der Waals surface area (Å²) in [4.78, 5) is 12.2. The van der Waals surface area contributed by atoms with E-state index in [1.165, 1.54) is 25.7 Å². The third kappa shape index (κ3) is 1.81. The molecule has 90 valence electrons. The summed E-state index contributed by atoms with van der Waals surface area (Å²) < 4.78 is 0. The molecule has 0 aromatic heterocycles. The van der Waals surface area contributed by atoms with Gasteiger partial charge in [0.25, 0.3) is 0 Å². The fourth-order valence-corrected chi connectivity index (χ4v) is 4.00. The fraction of sp³-hybridized carbons (Fsp3) is 0.929. The van der Waals surface area contributed by atoms with Crippen LogP contribution in [-0.4, -0.2) is 18.9 Å². The number of hydrogen-bond donors (Lipinski definition) is 1. The zero-order valence-electron chi connectivity index (χ0n) is 10.2. The molecular weight excluding hydrogens is 198 g/mol. The number of hydrogen-bond acceptors (Lipinski definition) is 2. The van der Waals surface area contributed by atoms with Gasteiger partial charge in [0.2, 0.25) is 0 Å². The highest BCUT2D eigenvalue weighted by Crippen LogP contribution is 2.49. The van der Waals surface area contributed by atoms with Crippen molar-refractivity contribution >= 4 is 5.78 Å². The standard InChI is InChI=1S/C14H23NO/c1-9(13-7-15-8-13)14(16)6-12-5-10-2-3-11(12)4-10/h9-13,15H,2-8H2,1H3. The summed E-state index contributed by atoms with van der Waals surface area (Å²) >= 11 is 0.